The number of pyridine rings is 1. The SMILES string of the molecule is CCOc1ncccc1C(=O)N1CCC(Oc2nccnc2C#N)C1. The third-order valence-electron chi connectivity index (χ3n) is 3.76. The summed E-state index contributed by atoms with van der Waals surface area (Å²) < 4.78 is 11.2. The predicted molar refractivity (Wildman–Crippen MR) is 87.1 cm³/mol. The minimum absolute atomic E-state index is 0.137. The van der Waals surface area contributed by atoms with Crippen LogP contribution >= 0.6 is 0 Å². The lowest BCUT2D eigenvalue weighted by atomic mass is 10.2. The first kappa shape index (κ1) is 16.6. The zero-order valence-corrected chi connectivity index (χ0v) is 13.8. The van der Waals surface area contributed by atoms with Crippen LogP contribution in [0.1, 0.15) is 29.4 Å². The lowest BCUT2D eigenvalue weighted by molar-refractivity contribution is 0.0766. The Morgan fingerprint density at radius 2 is 2.12 bits per heavy atom. The maximum atomic E-state index is 12.7. The van der Waals surface area contributed by atoms with Gasteiger partial charge >= 0.3 is 0 Å². The van der Waals surface area contributed by atoms with E-state index in [1.54, 1.807) is 23.2 Å². The van der Waals surface area contributed by atoms with Crippen molar-refractivity contribution >= 4 is 5.91 Å². The van der Waals surface area contributed by atoms with Crippen molar-refractivity contribution in [2.45, 2.75) is 19.4 Å². The molecule has 0 bridgehead atoms. The largest absolute Gasteiger partial charge is 0.477 e. The molecule has 25 heavy (non-hydrogen) atoms. The molecule has 0 aliphatic carbocycles. The van der Waals surface area contributed by atoms with E-state index < -0.39 is 0 Å². The number of nitrogens with zero attached hydrogens (tertiary/aromatic N) is 5. The molecular weight excluding hydrogens is 322 g/mol. The molecule has 2 aromatic rings. The number of ether oxygens (including phenoxy) is 2. The first-order chi connectivity index (χ1) is 12.2. The fraction of sp³-hybridized carbons (Fsp3) is 0.353. The molecule has 1 aliphatic heterocycles. The molecular formula is C17H17N5O3. The van der Waals surface area contributed by atoms with Crippen LogP contribution in [0.5, 0.6) is 11.8 Å². The molecule has 8 nitrogen and oxygen atoms in total. The molecule has 1 aliphatic rings. The van der Waals surface area contributed by atoms with Crippen LogP contribution in [-0.4, -0.2) is 51.6 Å². The van der Waals surface area contributed by atoms with Crippen molar-refractivity contribution in [3.63, 3.8) is 0 Å². The van der Waals surface area contributed by atoms with Gasteiger partial charge in [-0.2, -0.15) is 5.26 Å². The molecule has 0 aromatic carbocycles. The zero-order chi connectivity index (χ0) is 17.6. The second-order valence-corrected chi connectivity index (χ2v) is 5.39. The lowest BCUT2D eigenvalue weighted by Crippen LogP contribution is -2.31. The number of carbonyl (C=O) groups excluding carboxylic acids is 1. The number of nitriles is 1. The van der Waals surface area contributed by atoms with Gasteiger partial charge in [0, 0.05) is 31.6 Å². The summed E-state index contributed by atoms with van der Waals surface area (Å²) in [5.41, 5.74) is 0.570. The van der Waals surface area contributed by atoms with Gasteiger partial charge in [0.15, 0.2) is 0 Å². The number of hydrogen-bond donors (Lipinski definition) is 0. The van der Waals surface area contributed by atoms with Crippen LogP contribution in [0.15, 0.2) is 30.7 Å². The van der Waals surface area contributed by atoms with Crippen molar-refractivity contribution in [2.24, 2.45) is 0 Å². The number of rotatable bonds is 5. The van der Waals surface area contributed by atoms with E-state index in [1.807, 2.05) is 13.0 Å². The summed E-state index contributed by atoms with van der Waals surface area (Å²) in [7, 11) is 0. The van der Waals surface area contributed by atoms with Gasteiger partial charge in [-0.1, -0.05) is 0 Å². The van der Waals surface area contributed by atoms with Gasteiger partial charge < -0.3 is 14.4 Å². The van der Waals surface area contributed by atoms with E-state index in [0.717, 1.165) is 0 Å². The normalized spacial score (nSPS) is 16.3. The van der Waals surface area contributed by atoms with E-state index in [4.69, 9.17) is 14.7 Å². The molecule has 2 aromatic heterocycles. The van der Waals surface area contributed by atoms with Crippen LogP contribution in [0, 0.1) is 11.3 Å². The highest BCUT2D eigenvalue weighted by molar-refractivity contribution is 5.96. The fourth-order valence-electron chi connectivity index (χ4n) is 2.63. The third kappa shape index (κ3) is 3.66. The highest BCUT2D eigenvalue weighted by atomic mass is 16.5. The van der Waals surface area contributed by atoms with E-state index in [-0.39, 0.29) is 23.6 Å². The molecule has 0 saturated carbocycles. The second-order valence-electron chi connectivity index (χ2n) is 5.39. The molecule has 1 amide bonds. The van der Waals surface area contributed by atoms with E-state index >= 15 is 0 Å². The number of amides is 1. The summed E-state index contributed by atoms with van der Waals surface area (Å²) in [4.78, 5) is 26.5. The summed E-state index contributed by atoms with van der Waals surface area (Å²) in [5, 5.41) is 9.04. The summed E-state index contributed by atoms with van der Waals surface area (Å²) in [6, 6.07) is 5.35. The van der Waals surface area contributed by atoms with Crippen molar-refractivity contribution < 1.29 is 14.3 Å². The molecule has 0 radical (unpaired) electrons. The quantitative estimate of drug-likeness (QED) is 0.812. The minimum atomic E-state index is -0.236. The van der Waals surface area contributed by atoms with Gasteiger partial charge in [0.2, 0.25) is 11.6 Å². The van der Waals surface area contributed by atoms with Crippen LogP contribution in [0.3, 0.4) is 0 Å². The Morgan fingerprint density at radius 3 is 2.92 bits per heavy atom. The topological polar surface area (TPSA) is 101 Å². The van der Waals surface area contributed by atoms with Crippen LogP contribution in [0.2, 0.25) is 0 Å². The Morgan fingerprint density at radius 1 is 1.32 bits per heavy atom. The highest BCUT2D eigenvalue weighted by Crippen LogP contribution is 2.22. The van der Waals surface area contributed by atoms with E-state index in [2.05, 4.69) is 15.0 Å². The molecule has 128 valence electrons. The molecule has 8 heteroatoms. The first-order valence-corrected chi connectivity index (χ1v) is 7.97. The molecule has 3 rings (SSSR count). The Balaban J connectivity index is 1.69. The zero-order valence-electron chi connectivity index (χ0n) is 13.8. The number of hydrogen-bond acceptors (Lipinski definition) is 7. The van der Waals surface area contributed by atoms with E-state index in [9.17, 15) is 4.79 Å². The van der Waals surface area contributed by atoms with Gasteiger partial charge in [0.05, 0.1) is 13.2 Å². The average molecular weight is 339 g/mol. The van der Waals surface area contributed by atoms with Crippen LogP contribution < -0.4 is 9.47 Å². The van der Waals surface area contributed by atoms with E-state index in [1.165, 1.54) is 12.4 Å². The second kappa shape index (κ2) is 7.57. The third-order valence-corrected chi connectivity index (χ3v) is 3.76. The smallest absolute Gasteiger partial charge is 0.259 e. The number of likely N-dealkylation sites (tertiary alicyclic amines) is 1. The summed E-state index contributed by atoms with van der Waals surface area (Å²) in [6.45, 7) is 3.23. The molecule has 1 saturated heterocycles. The van der Waals surface area contributed by atoms with Crippen LogP contribution in [0.4, 0.5) is 0 Å². The molecule has 1 atom stereocenters. The monoisotopic (exact) mass is 339 g/mol. The average Bonchev–Trinajstić information content (AvgIpc) is 3.11. The maximum absolute atomic E-state index is 12.7. The summed E-state index contributed by atoms with van der Waals surface area (Å²) >= 11 is 0. The van der Waals surface area contributed by atoms with Gasteiger partial charge in [-0.25, -0.2) is 15.0 Å². The summed E-state index contributed by atoms with van der Waals surface area (Å²) in [5.74, 6) is 0.378. The lowest BCUT2D eigenvalue weighted by Gasteiger charge is -2.18. The molecule has 1 unspecified atom stereocenters. The first-order valence-electron chi connectivity index (χ1n) is 7.97. The number of aromatic nitrogens is 3. The van der Waals surface area contributed by atoms with Crippen molar-refractivity contribution in [2.75, 3.05) is 19.7 Å². The molecule has 3 heterocycles. The molecule has 0 N–H and O–H groups in total. The van der Waals surface area contributed by atoms with Crippen LogP contribution in [-0.2, 0) is 0 Å². The van der Waals surface area contributed by atoms with Crippen molar-refractivity contribution in [3.8, 4) is 17.8 Å². The van der Waals surface area contributed by atoms with Gasteiger partial charge in [0.1, 0.15) is 17.7 Å². The number of carbonyl (C=O) groups is 1. The Bertz CT molecular complexity index is 805. The maximum Gasteiger partial charge on any atom is 0.259 e. The Kier molecular flexibility index (Phi) is 5.04. The van der Waals surface area contributed by atoms with Gasteiger partial charge in [-0.05, 0) is 19.1 Å². The van der Waals surface area contributed by atoms with Crippen molar-refractivity contribution in [1.82, 2.24) is 19.9 Å². The summed E-state index contributed by atoms with van der Waals surface area (Å²) in [6.07, 6.45) is 4.91. The fourth-order valence-corrected chi connectivity index (χ4v) is 2.63. The van der Waals surface area contributed by atoms with Gasteiger partial charge in [-0.15, -0.1) is 0 Å². The molecule has 0 spiro atoms. The Hall–Kier alpha value is -3.21. The Labute approximate surface area is 145 Å². The minimum Gasteiger partial charge on any atom is -0.477 e. The standard InChI is InChI=1S/C17H17N5O3/c1-2-24-15-13(4-3-6-20-15)17(23)22-9-5-12(11-22)25-16-14(10-18)19-7-8-21-16/h3-4,6-8,12H,2,5,9,11H2,1H3. The van der Waals surface area contributed by atoms with Gasteiger partial charge in [-0.3, -0.25) is 4.79 Å². The predicted octanol–water partition coefficient (Wildman–Crippen LogP) is 1.44. The van der Waals surface area contributed by atoms with Crippen molar-refractivity contribution in [1.29, 1.82) is 5.26 Å². The highest BCUT2D eigenvalue weighted by Gasteiger charge is 2.30. The van der Waals surface area contributed by atoms with Gasteiger partial charge in [0.25, 0.3) is 11.8 Å². The van der Waals surface area contributed by atoms with Crippen LogP contribution in [0.25, 0.3) is 0 Å². The van der Waals surface area contributed by atoms with E-state index in [0.29, 0.717) is 37.6 Å². The van der Waals surface area contributed by atoms with Crippen molar-refractivity contribution in [3.05, 3.63) is 42.0 Å². The molecule has 1 fully saturated rings.